The molecule has 27 heavy (non-hydrogen) atoms. The van der Waals surface area contributed by atoms with Gasteiger partial charge in [-0.3, -0.25) is 9.58 Å². The van der Waals surface area contributed by atoms with Crippen LogP contribution in [0.25, 0.3) is 0 Å². The number of likely N-dealkylation sites (N-methyl/N-ethyl adjacent to an activating group) is 1. The molecule has 1 N–H and O–H groups in total. The van der Waals surface area contributed by atoms with Gasteiger partial charge in [0.05, 0.1) is 6.20 Å². The van der Waals surface area contributed by atoms with Crippen LogP contribution in [0.15, 0.2) is 41.6 Å². The Morgan fingerprint density at radius 1 is 1.19 bits per heavy atom. The molecule has 0 amide bonds. The Hall–Kier alpha value is -1.81. The largest absolute Gasteiger partial charge is 0.304 e. The van der Waals surface area contributed by atoms with Crippen LogP contribution in [0.2, 0.25) is 0 Å². The standard InChI is InChI=1S/C18H26FN5O2S/c1-3-24-14-17(12-20-24)27(25,26)21-13-18(15-4-6-16(19)7-5-15)23-10-8-22(2)9-11-23/h4-7,12,14,18,21H,3,8-11,13H2,1-2H3. The van der Waals surface area contributed by atoms with Gasteiger partial charge in [0.1, 0.15) is 10.7 Å². The van der Waals surface area contributed by atoms with E-state index in [2.05, 4.69) is 26.7 Å². The fourth-order valence-electron chi connectivity index (χ4n) is 3.20. The van der Waals surface area contributed by atoms with Crippen molar-refractivity contribution >= 4 is 10.0 Å². The predicted octanol–water partition coefficient (Wildman–Crippen LogP) is 1.31. The summed E-state index contributed by atoms with van der Waals surface area (Å²) in [7, 11) is -1.59. The summed E-state index contributed by atoms with van der Waals surface area (Å²) in [5.41, 5.74) is 0.896. The summed E-state index contributed by atoms with van der Waals surface area (Å²) in [4.78, 5) is 4.63. The number of nitrogens with one attached hydrogen (secondary N) is 1. The second-order valence-electron chi connectivity index (χ2n) is 6.79. The van der Waals surface area contributed by atoms with Crippen LogP contribution < -0.4 is 4.72 Å². The van der Waals surface area contributed by atoms with Crippen molar-refractivity contribution in [3.8, 4) is 0 Å². The van der Waals surface area contributed by atoms with Gasteiger partial charge in [0.15, 0.2) is 0 Å². The molecule has 0 bridgehead atoms. The highest BCUT2D eigenvalue weighted by Gasteiger charge is 2.26. The first-order valence-corrected chi connectivity index (χ1v) is 10.6. The number of rotatable bonds is 7. The fourth-order valence-corrected chi connectivity index (χ4v) is 4.19. The normalized spacial score (nSPS) is 17.9. The van der Waals surface area contributed by atoms with Gasteiger partial charge in [-0.1, -0.05) is 12.1 Å². The van der Waals surface area contributed by atoms with E-state index < -0.39 is 10.0 Å². The van der Waals surface area contributed by atoms with E-state index in [1.54, 1.807) is 16.8 Å². The number of benzene rings is 1. The van der Waals surface area contributed by atoms with E-state index in [9.17, 15) is 12.8 Å². The highest BCUT2D eigenvalue weighted by atomic mass is 32.2. The molecule has 0 radical (unpaired) electrons. The Labute approximate surface area is 159 Å². The van der Waals surface area contributed by atoms with Gasteiger partial charge in [-0.05, 0) is 31.7 Å². The summed E-state index contributed by atoms with van der Waals surface area (Å²) in [6.45, 7) is 6.20. The molecule has 1 aliphatic heterocycles. The highest BCUT2D eigenvalue weighted by molar-refractivity contribution is 7.89. The van der Waals surface area contributed by atoms with Crippen molar-refractivity contribution in [3.63, 3.8) is 0 Å². The van der Waals surface area contributed by atoms with Gasteiger partial charge >= 0.3 is 0 Å². The van der Waals surface area contributed by atoms with Crippen LogP contribution in [0.5, 0.6) is 0 Å². The van der Waals surface area contributed by atoms with Crippen molar-refractivity contribution in [2.75, 3.05) is 39.8 Å². The molecule has 1 aliphatic rings. The molecule has 0 aliphatic carbocycles. The van der Waals surface area contributed by atoms with Gasteiger partial charge in [-0.2, -0.15) is 5.10 Å². The number of aryl methyl sites for hydroxylation is 1. The Morgan fingerprint density at radius 3 is 2.44 bits per heavy atom. The van der Waals surface area contributed by atoms with Gasteiger partial charge < -0.3 is 4.90 Å². The monoisotopic (exact) mass is 395 g/mol. The average Bonchev–Trinajstić information content (AvgIpc) is 3.15. The molecule has 0 saturated carbocycles. The first kappa shape index (κ1) is 19.9. The molecule has 2 aromatic rings. The minimum atomic E-state index is -3.65. The van der Waals surface area contributed by atoms with Crippen LogP contribution in [-0.2, 0) is 16.6 Å². The molecule has 0 spiro atoms. The summed E-state index contributed by atoms with van der Waals surface area (Å²) >= 11 is 0. The van der Waals surface area contributed by atoms with E-state index in [4.69, 9.17) is 0 Å². The quantitative estimate of drug-likeness (QED) is 0.766. The van der Waals surface area contributed by atoms with Crippen LogP contribution >= 0.6 is 0 Å². The first-order chi connectivity index (χ1) is 12.9. The number of piperazine rings is 1. The number of aromatic nitrogens is 2. The second kappa shape index (κ2) is 8.47. The van der Waals surface area contributed by atoms with Crippen LogP contribution in [0.1, 0.15) is 18.5 Å². The Morgan fingerprint density at radius 2 is 1.85 bits per heavy atom. The Kier molecular flexibility index (Phi) is 6.25. The van der Waals surface area contributed by atoms with Crippen LogP contribution in [-0.4, -0.2) is 67.8 Å². The molecule has 1 unspecified atom stereocenters. The van der Waals surface area contributed by atoms with Gasteiger partial charge in [-0.15, -0.1) is 0 Å². The third-order valence-corrected chi connectivity index (χ3v) is 6.32. The van der Waals surface area contributed by atoms with Crippen molar-refractivity contribution in [2.45, 2.75) is 24.4 Å². The Balaban J connectivity index is 1.77. The van der Waals surface area contributed by atoms with Crippen molar-refractivity contribution in [1.82, 2.24) is 24.3 Å². The van der Waals surface area contributed by atoms with Crippen LogP contribution in [0, 0.1) is 5.82 Å². The lowest BCUT2D eigenvalue weighted by Crippen LogP contribution is -2.48. The highest BCUT2D eigenvalue weighted by Crippen LogP contribution is 2.23. The lowest BCUT2D eigenvalue weighted by molar-refractivity contribution is 0.113. The molecule has 148 valence electrons. The van der Waals surface area contributed by atoms with E-state index in [0.717, 1.165) is 31.7 Å². The van der Waals surface area contributed by atoms with E-state index in [1.165, 1.54) is 24.5 Å². The molecule has 1 fully saturated rings. The van der Waals surface area contributed by atoms with Crippen molar-refractivity contribution < 1.29 is 12.8 Å². The molecular formula is C18H26FN5O2S. The minimum Gasteiger partial charge on any atom is -0.304 e. The number of halogens is 1. The number of hydrogen-bond donors (Lipinski definition) is 1. The van der Waals surface area contributed by atoms with Crippen molar-refractivity contribution in [3.05, 3.63) is 48.0 Å². The smallest absolute Gasteiger partial charge is 0.243 e. The zero-order chi connectivity index (χ0) is 19.4. The third-order valence-electron chi connectivity index (χ3n) is 4.94. The molecule has 1 aromatic carbocycles. The summed E-state index contributed by atoms with van der Waals surface area (Å²) in [6, 6.07) is 6.12. The van der Waals surface area contributed by atoms with Gasteiger partial charge in [0.2, 0.25) is 10.0 Å². The molecule has 1 saturated heterocycles. The first-order valence-electron chi connectivity index (χ1n) is 9.09. The molecule has 2 heterocycles. The van der Waals surface area contributed by atoms with Crippen LogP contribution in [0.4, 0.5) is 4.39 Å². The number of sulfonamides is 1. The molecule has 1 atom stereocenters. The number of nitrogens with zero attached hydrogens (tertiary/aromatic N) is 4. The predicted molar refractivity (Wildman–Crippen MR) is 101 cm³/mol. The summed E-state index contributed by atoms with van der Waals surface area (Å²) in [6.07, 6.45) is 2.87. The third kappa shape index (κ3) is 4.92. The van der Waals surface area contributed by atoms with E-state index in [-0.39, 0.29) is 23.3 Å². The maximum atomic E-state index is 13.3. The maximum absolute atomic E-state index is 13.3. The maximum Gasteiger partial charge on any atom is 0.243 e. The van der Waals surface area contributed by atoms with Crippen LogP contribution in [0.3, 0.4) is 0 Å². The average molecular weight is 396 g/mol. The lowest BCUT2D eigenvalue weighted by Gasteiger charge is -2.38. The Bertz CT molecular complexity index is 845. The minimum absolute atomic E-state index is 0.153. The van der Waals surface area contributed by atoms with Crippen molar-refractivity contribution in [2.24, 2.45) is 0 Å². The molecule has 9 heteroatoms. The molecule has 3 rings (SSSR count). The zero-order valence-corrected chi connectivity index (χ0v) is 16.5. The van der Waals surface area contributed by atoms with E-state index >= 15 is 0 Å². The van der Waals surface area contributed by atoms with E-state index in [0.29, 0.717) is 6.54 Å². The number of hydrogen-bond acceptors (Lipinski definition) is 5. The topological polar surface area (TPSA) is 70.5 Å². The van der Waals surface area contributed by atoms with Crippen molar-refractivity contribution in [1.29, 1.82) is 0 Å². The lowest BCUT2D eigenvalue weighted by atomic mass is 10.0. The van der Waals surface area contributed by atoms with Gasteiger partial charge in [0.25, 0.3) is 0 Å². The SMILES string of the molecule is CCn1cc(S(=O)(=O)NCC(c2ccc(F)cc2)N2CCN(C)CC2)cn1. The fraction of sp³-hybridized carbons (Fsp3) is 0.500. The van der Waals surface area contributed by atoms with E-state index in [1.807, 2.05) is 6.92 Å². The summed E-state index contributed by atoms with van der Waals surface area (Å²) in [5, 5.41) is 4.03. The summed E-state index contributed by atoms with van der Waals surface area (Å²) < 4.78 is 42.9. The molecular weight excluding hydrogens is 369 g/mol. The van der Waals surface area contributed by atoms with Gasteiger partial charge in [-0.25, -0.2) is 17.5 Å². The second-order valence-corrected chi connectivity index (χ2v) is 8.56. The zero-order valence-electron chi connectivity index (χ0n) is 15.7. The molecule has 7 nitrogen and oxygen atoms in total. The van der Waals surface area contributed by atoms with Gasteiger partial charge in [0, 0.05) is 51.5 Å². The summed E-state index contributed by atoms with van der Waals surface area (Å²) in [5.74, 6) is -0.302. The molecule has 1 aromatic heterocycles.